The van der Waals surface area contributed by atoms with E-state index in [9.17, 15) is 9.90 Å². The molecule has 0 aliphatic rings. The van der Waals surface area contributed by atoms with Gasteiger partial charge in [0, 0.05) is 0 Å². The van der Waals surface area contributed by atoms with Gasteiger partial charge in [-0.15, -0.1) is 0 Å². The first-order chi connectivity index (χ1) is 6.90. The second-order valence-corrected chi connectivity index (χ2v) is 4.56. The monoisotopic (exact) mass is 216 g/mol. The molecular formula is C12H24O3. The molecule has 0 aromatic rings. The van der Waals surface area contributed by atoms with E-state index in [-0.39, 0.29) is 18.0 Å². The molecule has 0 aliphatic carbocycles. The largest absolute Gasteiger partial charge is 0.462 e. The van der Waals surface area contributed by atoms with Crippen LogP contribution in [0.2, 0.25) is 0 Å². The van der Waals surface area contributed by atoms with Gasteiger partial charge in [-0.3, -0.25) is 4.79 Å². The Morgan fingerprint density at radius 2 is 1.80 bits per heavy atom. The maximum Gasteiger partial charge on any atom is 0.311 e. The summed E-state index contributed by atoms with van der Waals surface area (Å²) in [4.78, 5) is 11.6. The molecule has 3 heteroatoms. The molecule has 3 atom stereocenters. The number of aliphatic hydroxyl groups excluding tert-OH is 1. The van der Waals surface area contributed by atoms with E-state index < -0.39 is 12.0 Å². The van der Waals surface area contributed by atoms with Crippen molar-refractivity contribution in [3.63, 3.8) is 0 Å². The van der Waals surface area contributed by atoms with Crippen LogP contribution in [0.5, 0.6) is 0 Å². The van der Waals surface area contributed by atoms with E-state index >= 15 is 0 Å². The smallest absolute Gasteiger partial charge is 0.311 e. The lowest BCUT2D eigenvalue weighted by Gasteiger charge is -2.22. The number of hydrogen-bond donors (Lipinski definition) is 1. The molecule has 0 aliphatic heterocycles. The molecule has 3 unspecified atom stereocenters. The summed E-state index contributed by atoms with van der Waals surface area (Å²) in [6.45, 7) is 9.44. The van der Waals surface area contributed by atoms with Gasteiger partial charge < -0.3 is 9.84 Å². The van der Waals surface area contributed by atoms with Gasteiger partial charge in [0.1, 0.15) is 0 Å². The summed E-state index contributed by atoms with van der Waals surface area (Å²) < 4.78 is 5.22. The molecule has 1 N–H and O–H groups in total. The quantitative estimate of drug-likeness (QED) is 0.693. The number of carbonyl (C=O) groups excluding carboxylic acids is 1. The van der Waals surface area contributed by atoms with Gasteiger partial charge in [0.05, 0.1) is 18.1 Å². The van der Waals surface area contributed by atoms with Crippen molar-refractivity contribution in [3.8, 4) is 0 Å². The van der Waals surface area contributed by atoms with Crippen molar-refractivity contribution < 1.29 is 14.6 Å². The highest BCUT2D eigenvalue weighted by Crippen LogP contribution is 2.15. The second-order valence-electron chi connectivity index (χ2n) is 4.56. The van der Waals surface area contributed by atoms with Crippen molar-refractivity contribution in [3.05, 3.63) is 0 Å². The first-order valence-electron chi connectivity index (χ1n) is 5.78. The van der Waals surface area contributed by atoms with Crippen molar-refractivity contribution in [1.82, 2.24) is 0 Å². The van der Waals surface area contributed by atoms with Gasteiger partial charge in [0.15, 0.2) is 0 Å². The first kappa shape index (κ1) is 14.4. The van der Waals surface area contributed by atoms with Crippen molar-refractivity contribution in [1.29, 1.82) is 0 Å². The van der Waals surface area contributed by atoms with Crippen LogP contribution in [0.3, 0.4) is 0 Å². The fraction of sp³-hybridized carbons (Fsp3) is 0.917. The van der Waals surface area contributed by atoms with E-state index in [2.05, 4.69) is 6.92 Å². The summed E-state index contributed by atoms with van der Waals surface area (Å²) in [7, 11) is 0. The van der Waals surface area contributed by atoms with Crippen LogP contribution in [-0.4, -0.2) is 23.3 Å². The third-order valence-electron chi connectivity index (χ3n) is 2.58. The predicted octanol–water partition coefficient (Wildman–Crippen LogP) is 2.37. The van der Waals surface area contributed by atoms with E-state index in [4.69, 9.17) is 4.74 Å². The highest BCUT2D eigenvalue weighted by Gasteiger charge is 2.26. The fourth-order valence-electron chi connectivity index (χ4n) is 1.49. The molecule has 3 nitrogen and oxygen atoms in total. The molecule has 0 amide bonds. The topological polar surface area (TPSA) is 46.5 Å². The maximum absolute atomic E-state index is 11.6. The molecule has 0 radical (unpaired) electrons. The van der Waals surface area contributed by atoms with E-state index in [0.717, 1.165) is 12.8 Å². The van der Waals surface area contributed by atoms with Crippen molar-refractivity contribution in [2.45, 2.75) is 59.7 Å². The minimum Gasteiger partial charge on any atom is -0.462 e. The van der Waals surface area contributed by atoms with Crippen LogP contribution < -0.4 is 0 Å². The van der Waals surface area contributed by atoms with E-state index in [1.54, 1.807) is 6.92 Å². The Hall–Kier alpha value is -0.570. The number of esters is 1. The van der Waals surface area contributed by atoms with Crippen LogP contribution in [-0.2, 0) is 9.53 Å². The zero-order valence-corrected chi connectivity index (χ0v) is 10.5. The zero-order valence-electron chi connectivity index (χ0n) is 10.5. The van der Waals surface area contributed by atoms with Crippen LogP contribution in [0.4, 0.5) is 0 Å². The average Bonchev–Trinajstić information content (AvgIpc) is 2.15. The lowest BCUT2D eigenvalue weighted by Crippen LogP contribution is -2.33. The Balaban J connectivity index is 4.09. The Kier molecular flexibility index (Phi) is 6.57. The molecule has 0 rings (SSSR count). The van der Waals surface area contributed by atoms with Gasteiger partial charge in [0.25, 0.3) is 0 Å². The van der Waals surface area contributed by atoms with Gasteiger partial charge in [-0.1, -0.05) is 27.2 Å². The minimum absolute atomic E-state index is 0.0516. The first-order valence-corrected chi connectivity index (χ1v) is 5.78. The molecule has 0 spiro atoms. The molecule has 0 bridgehead atoms. The molecule has 0 aromatic carbocycles. The van der Waals surface area contributed by atoms with Crippen LogP contribution in [0.15, 0.2) is 0 Å². The second kappa shape index (κ2) is 6.83. The molecule has 0 saturated heterocycles. The summed E-state index contributed by atoms with van der Waals surface area (Å²) in [6, 6.07) is 0. The summed E-state index contributed by atoms with van der Waals surface area (Å²) in [5.41, 5.74) is 0. The van der Waals surface area contributed by atoms with Gasteiger partial charge in [-0.05, 0) is 26.2 Å². The van der Waals surface area contributed by atoms with E-state index in [1.807, 2.05) is 20.8 Å². The van der Waals surface area contributed by atoms with Crippen LogP contribution >= 0.6 is 0 Å². The Morgan fingerprint density at radius 3 is 2.20 bits per heavy atom. The van der Waals surface area contributed by atoms with Crippen molar-refractivity contribution in [2.75, 3.05) is 0 Å². The van der Waals surface area contributed by atoms with E-state index in [0.29, 0.717) is 0 Å². The van der Waals surface area contributed by atoms with Crippen molar-refractivity contribution >= 4 is 5.97 Å². The summed E-state index contributed by atoms with van der Waals surface area (Å²) >= 11 is 0. The number of hydrogen-bond acceptors (Lipinski definition) is 3. The lowest BCUT2D eigenvalue weighted by atomic mass is 9.95. The van der Waals surface area contributed by atoms with Gasteiger partial charge >= 0.3 is 5.97 Å². The molecule has 0 saturated carbocycles. The Labute approximate surface area is 92.8 Å². The van der Waals surface area contributed by atoms with Crippen LogP contribution in [0.25, 0.3) is 0 Å². The molecule has 0 heterocycles. The number of aliphatic hydroxyl groups is 1. The Bertz CT molecular complexity index is 189. The Morgan fingerprint density at radius 1 is 1.27 bits per heavy atom. The van der Waals surface area contributed by atoms with Gasteiger partial charge in [0.2, 0.25) is 0 Å². The zero-order chi connectivity index (χ0) is 12.0. The predicted molar refractivity (Wildman–Crippen MR) is 60.5 cm³/mol. The maximum atomic E-state index is 11.6. The third kappa shape index (κ3) is 5.17. The summed E-state index contributed by atoms with van der Waals surface area (Å²) in [5.74, 6) is -0.657. The minimum atomic E-state index is -0.619. The van der Waals surface area contributed by atoms with Crippen LogP contribution in [0, 0.1) is 11.8 Å². The highest BCUT2D eigenvalue weighted by molar-refractivity contribution is 5.72. The lowest BCUT2D eigenvalue weighted by molar-refractivity contribution is -0.157. The normalized spacial score (nSPS) is 17.3. The summed E-state index contributed by atoms with van der Waals surface area (Å²) in [6.07, 6.45) is 1.20. The highest BCUT2D eigenvalue weighted by atomic mass is 16.5. The average molecular weight is 216 g/mol. The van der Waals surface area contributed by atoms with Crippen LogP contribution in [0.1, 0.15) is 47.5 Å². The standard InChI is InChI=1S/C12H24O3/c1-6-7-9(4)15-12(14)10(5)11(13)8(2)3/h8-11,13H,6-7H2,1-5H3. The van der Waals surface area contributed by atoms with Gasteiger partial charge in [-0.2, -0.15) is 0 Å². The molecule has 90 valence electrons. The molecule has 0 aromatic heterocycles. The molecule has 15 heavy (non-hydrogen) atoms. The third-order valence-corrected chi connectivity index (χ3v) is 2.58. The number of ether oxygens (including phenoxy) is 1. The molecule has 0 fully saturated rings. The van der Waals surface area contributed by atoms with Crippen molar-refractivity contribution in [2.24, 2.45) is 11.8 Å². The SMILES string of the molecule is CCCC(C)OC(=O)C(C)C(O)C(C)C. The van der Waals surface area contributed by atoms with Gasteiger partial charge in [-0.25, -0.2) is 0 Å². The molecular weight excluding hydrogens is 192 g/mol. The number of rotatable bonds is 6. The fourth-order valence-corrected chi connectivity index (χ4v) is 1.49. The number of carbonyl (C=O) groups is 1. The van der Waals surface area contributed by atoms with E-state index in [1.165, 1.54) is 0 Å². The summed E-state index contributed by atoms with van der Waals surface area (Å²) in [5, 5.41) is 9.71.